The molecule has 0 fully saturated rings. The monoisotopic (exact) mass is 130 g/mol. The van der Waals surface area contributed by atoms with Crippen molar-refractivity contribution >= 4 is 0 Å². The summed E-state index contributed by atoms with van der Waals surface area (Å²) in [5, 5.41) is 8.75. The van der Waals surface area contributed by atoms with Gasteiger partial charge in [-0.25, -0.2) is 0 Å². The van der Waals surface area contributed by atoms with Gasteiger partial charge in [-0.3, -0.25) is 0 Å². The largest absolute Gasteiger partial charge is 0.393 e. The van der Waals surface area contributed by atoms with Gasteiger partial charge < -0.3 is 9.84 Å². The van der Waals surface area contributed by atoms with Crippen molar-refractivity contribution in [2.75, 3.05) is 13.2 Å². The predicted octanol–water partition coefficient (Wildman–Crippen LogP) is 0.960. The summed E-state index contributed by atoms with van der Waals surface area (Å²) in [5.74, 6) is 0. The van der Waals surface area contributed by atoms with Gasteiger partial charge in [0.2, 0.25) is 0 Å². The zero-order valence-electron chi connectivity index (χ0n) is 5.84. The van der Waals surface area contributed by atoms with Crippen molar-refractivity contribution in [1.82, 2.24) is 0 Å². The molecule has 0 aliphatic rings. The maximum atomic E-state index is 8.75. The van der Waals surface area contributed by atoms with Crippen molar-refractivity contribution in [2.45, 2.75) is 19.4 Å². The van der Waals surface area contributed by atoms with Gasteiger partial charge >= 0.3 is 0 Å². The van der Waals surface area contributed by atoms with Crippen LogP contribution in [0.15, 0.2) is 12.7 Å². The molecule has 0 aromatic rings. The lowest BCUT2D eigenvalue weighted by molar-refractivity contribution is 0.105. The zero-order valence-corrected chi connectivity index (χ0v) is 5.84. The van der Waals surface area contributed by atoms with Crippen LogP contribution in [-0.4, -0.2) is 24.4 Å². The third kappa shape index (κ3) is 7.66. The average Bonchev–Trinajstić information content (AvgIpc) is 1.80. The van der Waals surface area contributed by atoms with Crippen molar-refractivity contribution in [2.24, 2.45) is 0 Å². The molecule has 1 N–H and O–H groups in total. The molecule has 0 radical (unpaired) electrons. The van der Waals surface area contributed by atoms with Crippen molar-refractivity contribution in [3.05, 3.63) is 12.7 Å². The van der Waals surface area contributed by atoms with Gasteiger partial charge in [0.25, 0.3) is 0 Å². The Kier molecular flexibility index (Phi) is 5.57. The second-order valence-corrected chi connectivity index (χ2v) is 2.00. The quantitative estimate of drug-likeness (QED) is 0.443. The van der Waals surface area contributed by atoms with Gasteiger partial charge in [0.15, 0.2) is 0 Å². The normalized spacial score (nSPS) is 13.1. The van der Waals surface area contributed by atoms with Crippen LogP contribution in [0.3, 0.4) is 0 Å². The van der Waals surface area contributed by atoms with E-state index in [1.54, 1.807) is 13.0 Å². The van der Waals surface area contributed by atoms with Crippen LogP contribution in [-0.2, 0) is 4.74 Å². The van der Waals surface area contributed by atoms with Crippen LogP contribution in [0.1, 0.15) is 13.3 Å². The molecule has 0 rings (SSSR count). The molecule has 0 aromatic carbocycles. The molecule has 9 heavy (non-hydrogen) atoms. The Hall–Kier alpha value is -0.340. The molecule has 54 valence electrons. The van der Waals surface area contributed by atoms with E-state index in [0.29, 0.717) is 19.6 Å². The summed E-state index contributed by atoms with van der Waals surface area (Å²) in [4.78, 5) is 0. The smallest absolute Gasteiger partial charge is 0.0644 e. The van der Waals surface area contributed by atoms with Crippen LogP contribution in [0.4, 0.5) is 0 Å². The molecule has 0 spiro atoms. The molecule has 0 amide bonds. The molecule has 0 aliphatic heterocycles. The van der Waals surface area contributed by atoms with E-state index in [2.05, 4.69) is 6.58 Å². The molecular weight excluding hydrogens is 116 g/mol. The number of aliphatic hydroxyl groups excluding tert-OH is 1. The Morgan fingerprint density at radius 3 is 2.89 bits per heavy atom. The summed E-state index contributed by atoms with van der Waals surface area (Å²) in [6.07, 6.45) is 2.14. The van der Waals surface area contributed by atoms with E-state index in [1.807, 2.05) is 0 Å². The Balaban J connectivity index is 2.82. The summed E-state index contributed by atoms with van der Waals surface area (Å²) in [6, 6.07) is 0. The van der Waals surface area contributed by atoms with Crippen LogP contribution in [0.25, 0.3) is 0 Å². The van der Waals surface area contributed by atoms with Crippen LogP contribution in [0.5, 0.6) is 0 Å². The second kappa shape index (κ2) is 5.79. The minimum atomic E-state index is -0.255. The van der Waals surface area contributed by atoms with E-state index >= 15 is 0 Å². The number of ether oxygens (including phenoxy) is 1. The summed E-state index contributed by atoms with van der Waals surface area (Å²) >= 11 is 0. The molecule has 2 nitrogen and oxygen atoms in total. The Morgan fingerprint density at radius 2 is 2.44 bits per heavy atom. The zero-order chi connectivity index (χ0) is 7.11. The highest BCUT2D eigenvalue weighted by Crippen LogP contribution is 1.89. The molecule has 0 saturated carbocycles. The first-order chi connectivity index (χ1) is 4.27. The van der Waals surface area contributed by atoms with Gasteiger partial charge in [-0.1, -0.05) is 6.08 Å². The van der Waals surface area contributed by atoms with E-state index in [9.17, 15) is 0 Å². The van der Waals surface area contributed by atoms with Gasteiger partial charge in [0, 0.05) is 6.61 Å². The SMILES string of the molecule is C=CCOCC[C@@H](C)O. The predicted molar refractivity (Wildman–Crippen MR) is 37.3 cm³/mol. The first-order valence-electron chi connectivity index (χ1n) is 3.14. The highest BCUT2D eigenvalue weighted by Gasteiger charge is 1.92. The lowest BCUT2D eigenvalue weighted by Gasteiger charge is -2.02. The van der Waals surface area contributed by atoms with E-state index in [1.165, 1.54) is 0 Å². The van der Waals surface area contributed by atoms with E-state index in [0.717, 1.165) is 0 Å². The van der Waals surface area contributed by atoms with Gasteiger partial charge in [-0.15, -0.1) is 6.58 Å². The van der Waals surface area contributed by atoms with Gasteiger partial charge in [-0.2, -0.15) is 0 Å². The Morgan fingerprint density at radius 1 is 1.78 bits per heavy atom. The first kappa shape index (κ1) is 8.66. The highest BCUT2D eigenvalue weighted by molar-refractivity contribution is 4.63. The first-order valence-corrected chi connectivity index (χ1v) is 3.14. The fraction of sp³-hybridized carbons (Fsp3) is 0.714. The van der Waals surface area contributed by atoms with Gasteiger partial charge in [0.1, 0.15) is 0 Å². The van der Waals surface area contributed by atoms with Crippen molar-refractivity contribution in [3.63, 3.8) is 0 Å². The maximum absolute atomic E-state index is 8.75. The average molecular weight is 130 g/mol. The van der Waals surface area contributed by atoms with Gasteiger partial charge in [-0.05, 0) is 13.3 Å². The standard InChI is InChI=1S/C7H14O2/c1-3-5-9-6-4-7(2)8/h3,7-8H,1,4-6H2,2H3/t7-/m1/s1. The number of rotatable bonds is 5. The van der Waals surface area contributed by atoms with Crippen molar-refractivity contribution < 1.29 is 9.84 Å². The molecular formula is C7H14O2. The molecule has 0 aliphatic carbocycles. The molecule has 0 saturated heterocycles. The van der Waals surface area contributed by atoms with E-state index in [-0.39, 0.29) is 6.10 Å². The summed E-state index contributed by atoms with van der Waals surface area (Å²) in [5.41, 5.74) is 0. The van der Waals surface area contributed by atoms with Crippen LogP contribution >= 0.6 is 0 Å². The third-order valence-corrected chi connectivity index (χ3v) is 0.916. The fourth-order valence-electron chi connectivity index (χ4n) is 0.421. The lowest BCUT2D eigenvalue weighted by Crippen LogP contribution is -2.05. The maximum Gasteiger partial charge on any atom is 0.0644 e. The van der Waals surface area contributed by atoms with Crippen molar-refractivity contribution in [1.29, 1.82) is 0 Å². The number of aliphatic hydroxyl groups is 1. The van der Waals surface area contributed by atoms with Crippen LogP contribution in [0, 0.1) is 0 Å². The van der Waals surface area contributed by atoms with E-state index in [4.69, 9.17) is 9.84 Å². The van der Waals surface area contributed by atoms with Crippen molar-refractivity contribution in [3.8, 4) is 0 Å². The fourth-order valence-corrected chi connectivity index (χ4v) is 0.421. The molecule has 1 atom stereocenters. The number of hydrogen-bond acceptors (Lipinski definition) is 2. The van der Waals surface area contributed by atoms with Gasteiger partial charge in [0.05, 0.1) is 12.7 Å². The molecule has 0 heterocycles. The molecule has 0 aromatic heterocycles. The minimum absolute atomic E-state index is 0.255. The van der Waals surface area contributed by atoms with Crippen LogP contribution < -0.4 is 0 Å². The lowest BCUT2D eigenvalue weighted by atomic mass is 10.3. The van der Waals surface area contributed by atoms with Crippen LogP contribution in [0.2, 0.25) is 0 Å². The summed E-state index contributed by atoms with van der Waals surface area (Å²) < 4.78 is 5.02. The topological polar surface area (TPSA) is 29.5 Å². The minimum Gasteiger partial charge on any atom is -0.393 e. The Labute approximate surface area is 56.1 Å². The second-order valence-electron chi connectivity index (χ2n) is 2.00. The Bertz CT molecular complexity index is 69.3. The number of hydrogen-bond donors (Lipinski definition) is 1. The molecule has 0 unspecified atom stereocenters. The summed E-state index contributed by atoms with van der Waals surface area (Å²) in [7, 11) is 0. The molecule has 0 bridgehead atoms. The summed E-state index contributed by atoms with van der Waals surface area (Å²) in [6.45, 7) is 6.43. The molecule has 2 heteroatoms. The highest BCUT2D eigenvalue weighted by atomic mass is 16.5. The third-order valence-electron chi connectivity index (χ3n) is 0.916. The van der Waals surface area contributed by atoms with E-state index < -0.39 is 0 Å².